The van der Waals surface area contributed by atoms with Crippen molar-refractivity contribution < 1.29 is 24.0 Å². The summed E-state index contributed by atoms with van der Waals surface area (Å²) in [5, 5.41) is 2.70. The summed E-state index contributed by atoms with van der Waals surface area (Å²) in [6, 6.07) is -0.389. The molecule has 25 heavy (non-hydrogen) atoms. The number of hydrogen-bond acceptors (Lipinski definition) is 5. The zero-order valence-corrected chi connectivity index (χ0v) is 16.5. The molecule has 7 nitrogen and oxygen atoms in total. The lowest BCUT2D eigenvalue weighted by Gasteiger charge is -2.21. The Morgan fingerprint density at radius 3 is 1.96 bits per heavy atom. The van der Waals surface area contributed by atoms with Crippen LogP contribution in [-0.2, 0) is 24.0 Å². The van der Waals surface area contributed by atoms with E-state index in [0.29, 0.717) is 18.3 Å². The first kappa shape index (κ1) is 25.2. The largest absolute Gasteiger partial charge is 0.373 e. The van der Waals surface area contributed by atoms with Crippen molar-refractivity contribution in [2.45, 2.75) is 79.8 Å². The molecule has 0 spiro atoms. The topological polar surface area (TPSA) is 101 Å². The van der Waals surface area contributed by atoms with Crippen molar-refractivity contribution in [3.63, 3.8) is 0 Å². The van der Waals surface area contributed by atoms with Gasteiger partial charge in [0, 0.05) is 12.5 Å². The summed E-state index contributed by atoms with van der Waals surface area (Å²) in [5.41, 5.74) is 0.500. The summed E-state index contributed by atoms with van der Waals surface area (Å²) < 4.78 is 0. The van der Waals surface area contributed by atoms with Crippen molar-refractivity contribution in [2.75, 3.05) is 6.54 Å². The zero-order valence-electron chi connectivity index (χ0n) is 16.5. The van der Waals surface area contributed by atoms with Crippen molar-refractivity contribution in [1.82, 2.24) is 10.2 Å². The van der Waals surface area contributed by atoms with E-state index in [9.17, 15) is 14.4 Å². The Balaban J connectivity index is 0. The minimum atomic E-state index is -0.452. The average molecular weight is 356 g/mol. The smallest absolute Gasteiger partial charge is 0.344 e. The van der Waals surface area contributed by atoms with Crippen molar-refractivity contribution in [2.24, 2.45) is 5.41 Å². The molecule has 0 saturated carbocycles. The Bertz CT molecular complexity index is 470. The standard InChI is InChI=1S/C12H20N2O3.C5H12.CO2/c1-4-9-6-10(13-11(16)5-2)12(17)14(9)7-8(3)15;1-5(2,3)4;2-1-3/h9-10H,4-7H2,1-3H3,(H,13,16);1-4H3;. The van der Waals surface area contributed by atoms with Crippen molar-refractivity contribution >= 4 is 23.7 Å². The Morgan fingerprint density at radius 2 is 1.64 bits per heavy atom. The molecule has 0 bridgehead atoms. The Hall–Kier alpha value is -2.01. The summed E-state index contributed by atoms with van der Waals surface area (Å²) in [6.07, 6.45) is 2.03. The number of likely N-dealkylation sites (tertiary alicyclic amines) is 1. The Morgan fingerprint density at radius 1 is 1.20 bits per heavy atom. The molecule has 0 aromatic rings. The normalized spacial score (nSPS) is 19.0. The number of hydrogen-bond donors (Lipinski definition) is 1. The van der Waals surface area contributed by atoms with E-state index in [1.54, 1.807) is 11.8 Å². The van der Waals surface area contributed by atoms with Gasteiger partial charge in [-0.1, -0.05) is 41.5 Å². The second-order valence-electron chi connectivity index (χ2n) is 7.52. The van der Waals surface area contributed by atoms with E-state index < -0.39 is 6.04 Å². The quantitative estimate of drug-likeness (QED) is 0.811. The molecule has 0 radical (unpaired) electrons. The van der Waals surface area contributed by atoms with E-state index in [1.807, 2.05) is 6.92 Å². The summed E-state index contributed by atoms with van der Waals surface area (Å²) in [4.78, 5) is 52.3. The van der Waals surface area contributed by atoms with Crippen LogP contribution in [0.4, 0.5) is 0 Å². The van der Waals surface area contributed by atoms with Gasteiger partial charge in [0.1, 0.15) is 11.8 Å². The Kier molecular flexibility index (Phi) is 12.5. The first-order chi connectivity index (χ1) is 11.4. The predicted molar refractivity (Wildman–Crippen MR) is 93.4 cm³/mol. The molecule has 1 heterocycles. The highest BCUT2D eigenvalue weighted by atomic mass is 16.2. The number of amides is 2. The van der Waals surface area contributed by atoms with E-state index >= 15 is 0 Å². The third kappa shape index (κ3) is 13.0. The molecule has 1 aliphatic rings. The highest BCUT2D eigenvalue weighted by molar-refractivity contribution is 5.92. The van der Waals surface area contributed by atoms with Crippen LogP contribution < -0.4 is 5.32 Å². The highest BCUT2D eigenvalue weighted by Crippen LogP contribution is 2.21. The lowest BCUT2D eigenvalue weighted by Crippen LogP contribution is -2.43. The van der Waals surface area contributed by atoms with Crippen molar-refractivity contribution in [1.29, 1.82) is 0 Å². The van der Waals surface area contributed by atoms with Crippen molar-refractivity contribution in [3.05, 3.63) is 0 Å². The zero-order chi connectivity index (χ0) is 20.2. The van der Waals surface area contributed by atoms with Gasteiger partial charge in [0.2, 0.25) is 11.8 Å². The minimum absolute atomic E-state index is 0.0285. The first-order valence-corrected chi connectivity index (χ1v) is 8.49. The number of nitrogens with one attached hydrogen (secondary N) is 1. The molecule has 2 atom stereocenters. The lowest BCUT2D eigenvalue weighted by atomic mass is 10.0. The van der Waals surface area contributed by atoms with Crippen LogP contribution in [0.1, 0.15) is 67.7 Å². The third-order valence-corrected chi connectivity index (χ3v) is 3.05. The maximum absolute atomic E-state index is 12.0. The monoisotopic (exact) mass is 356 g/mol. The van der Waals surface area contributed by atoms with E-state index in [0.717, 1.165) is 6.42 Å². The van der Waals surface area contributed by atoms with E-state index in [2.05, 4.69) is 33.0 Å². The molecule has 0 aliphatic carbocycles. The van der Waals surface area contributed by atoms with Crippen LogP contribution >= 0.6 is 0 Å². The van der Waals surface area contributed by atoms with Crippen LogP contribution in [-0.4, -0.2) is 47.3 Å². The summed E-state index contributed by atoms with van der Waals surface area (Å²) >= 11 is 0. The van der Waals surface area contributed by atoms with Gasteiger partial charge in [-0.25, -0.2) is 0 Å². The predicted octanol–water partition coefficient (Wildman–Crippen LogP) is 1.95. The van der Waals surface area contributed by atoms with Gasteiger partial charge in [-0.3, -0.25) is 14.4 Å². The molecule has 144 valence electrons. The van der Waals surface area contributed by atoms with Gasteiger partial charge in [-0.15, -0.1) is 0 Å². The van der Waals surface area contributed by atoms with Crippen molar-refractivity contribution in [3.8, 4) is 0 Å². The molecule has 1 saturated heterocycles. The molecular weight excluding hydrogens is 324 g/mol. The number of Topliss-reactive ketones (excluding diaryl/α,β-unsaturated/α-hetero) is 1. The fraction of sp³-hybridized carbons (Fsp3) is 0.778. The minimum Gasteiger partial charge on any atom is -0.344 e. The molecule has 2 amide bonds. The van der Waals surface area contributed by atoms with Gasteiger partial charge >= 0.3 is 6.15 Å². The maximum Gasteiger partial charge on any atom is 0.373 e. The molecule has 7 heteroatoms. The van der Waals surface area contributed by atoms with E-state index in [1.165, 1.54) is 6.92 Å². The van der Waals surface area contributed by atoms with Crippen LogP contribution in [0.25, 0.3) is 0 Å². The van der Waals surface area contributed by atoms with Gasteiger partial charge in [0.25, 0.3) is 0 Å². The molecular formula is C18H32N2O5. The molecule has 0 aromatic heterocycles. The number of nitrogens with zero attached hydrogens (tertiary/aromatic N) is 1. The number of carbonyl (C=O) groups is 3. The molecule has 2 unspecified atom stereocenters. The van der Waals surface area contributed by atoms with Gasteiger partial charge in [0.05, 0.1) is 6.54 Å². The maximum atomic E-state index is 12.0. The summed E-state index contributed by atoms with van der Waals surface area (Å²) in [5.74, 6) is -0.281. The van der Waals surface area contributed by atoms with Gasteiger partial charge < -0.3 is 10.2 Å². The van der Waals surface area contributed by atoms with Crippen LogP contribution in [0.15, 0.2) is 0 Å². The fourth-order valence-electron chi connectivity index (χ4n) is 2.13. The van der Waals surface area contributed by atoms with Gasteiger partial charge in [0.15, 0.2) is 0 Å². The van der Waals surface area contributed by atoms with E-state index in [4.69, 9.17) is 9.59 Å². The molecule has 0 aromatic carbocycles. The highest BCUT2D eigenvalue weighted by Gasteiger charge is 2.39. The molecule has 1 N–H and O–H groups in total. The first-order valence-electron chi connectivity index (χ1n) is 8.49. The molecule has 1 rings (SSSR count). The van der Waals surface area contributed by atoms with Crippen LogP contribution in [0.2, 0.25) is 0 Å². The fourth-order valence-corrected chi connectivity index (χ4v) is 2.13. The third-order valence-electron chi connectivity index (χ3n) is 3.05. The number of ketones is 1. The summed E-state index contributed by atoms with van der Waals surface area (Å²) in [7, 11) is 0. The number of carbonyl (C=O) groups excluding carboxylic acids is 5. The van der Waals surface area contributed by atoms with Gasteiger partial charge in [-0.05, 0) is 25.2 Å². The van der Waals surface area contributed by atoms with E-state index in [-0.39, 0.29) is 36.3 Å². The lowest BCUT2D eigenvalue weighted by molar-refractivity contribution is -0.191. The average Bonchev–Trinajstić information content (AvgIpc) is 2.74. The summed E-state index contributed by atoms with van der Waals surface area (Å²) in [6.45, 7) is 14.1. The second kappa shape index (κ2) is 12.4. The second-order valence-corrected chi connectivity index (χ2v) is 7.52. The van der Waals surface area contributed by atoms with Crippen LogP contribution in [0.3, 0.4) is 0 Å². The van der Waals surface area contributed by atoms with Gasteiger partial charge in [-0.2, -0.15) is 9.59 Å². The van der Waals surface area contributed by atoms with Crippen LogP contribution in [0.5, 0.6) is 0 Å². The van der Waals surface area contributed by atoms with Crippen LogP contribution in [0, 0.1) is 5.41 Å². The number of rotatable bonds is 5. The Labute approximate surface area is 150 Å². The SMILES string of the molecule is CC(C)(C)C.CCC(=O)NC1CC(CC)N(CC(C)=O)C1=O.O=C=O. The molecule has 1 fully saturated rings. The molecule has 1 aliphatic heterocycles.